The third kappa shape index (κ3) is 4.32. The standard InChI is InChI=1S/C24H28N4O3S/c1-5-11-27-16(3)13-18(17(27)4)19(29)15-32-24-26-25-23(28(24)12-6-2)22-14-30-20-9-7-8-10-21(20)31-22/h6-10,13,22H,2,5,11-12,14-15H2,1,3-4H3/t22-/m1/s1. The number of carbonyl (C=O) groups is 1. The van der Waals surface area contributed by atoms with Gasteiger partial charge in [0.05, 0.1) is 5.75 Å². The topological polar surface area (TPSA) is 71.2 Å². The Morgan fingerprint density at radius 2 is 2.03 bits per heavy atom. The van der Waals surface area contributed by atoms with E-state index in [2.05, 4.69) is 28.3 Å². The first-order chi connectivity index (χ1) is 15.5. The Bertz CT molecular complexity index is 1130. The van der Waals surface area contributed by atoms with Crippen molar-refractivity contribution in [2.45, 2.75) is 51.5 Å². The lowest BCUT2D eigenvalue weighted by Crippen LogP contribution is -2.25. The van der Waals surface area contributed by atoms with E-state index in [1.165, 1.54) is 11.8 Å². The van der Waals surface area contributed by atoms with Crippen molar-refractivity contribution in [1.29, 1.82) is 0 Å². The summed E-state index contributed by atoms with van der Waals surface area (Å²) in [5.41, 5.74) is 2.92. The van der Waals surface area contributed by atoms with Crippen LogP contribution in [0.3, 0.4) is 0 Å². The summed E-state index contributed by atoms with van der Waals surface area (Å²) >= 11 is 1.38. The SMILES string of the molecule is C=CCn1c(SCC(=O)c2cc(C)n(CCC)c2C)nnc1[C@H]1COc2ccccc2O1. The maximum absolute atomic E-state index is 13.0. The summed E-state index contributed by atoms with van der Waals surface area (Å²) < 4.78 is 16.1. The number of rotatable bonds is 9. The fourth-order valence-corrected chi connectivity index (χ4v) is 4.79. The van der Waals surface area contributed by atoms with Crippen LogP contribution in [0.1, 0.15) is 47.0 Å². The Labute approximate surface area is 192 Å². The molecule has 2 aromatic heterocycles. The molecule has 3 aromatic rings. The smallest absolute Gasteiger partial charge is 0.192 e. The van der Waals surface area contributed by atoms with Gasteiger partial charge in [0.1, 0.15) is 6.61 Å². The first-order valence-electron chi connectivity index (χ1n) is 10.8. The molecule has 1 aliphatic rings. The van der Waals surface area contributed by atoms with Crippen LogP contribution in [-0.2, 0) is 13.1 Å². The van der Waals surface area contributed by atoms with Crippen molar-refractivity contribution < 1.29 is 14.3 Å². The molecule has 0 saturated heterocycles. The number of Topliss-reactive ketones (excluding diaryl/α,β-unsaturated/α-hetero) is 1. The van der Waals surface area contributed by atoms with E-state index >= 15 is 0 Å². The van der Waals surface area contributed by atoms with E-state index in [0.29, 0.717) is 29.9 Å². The molecule has 0 unspecified atom stereocenters. The highest BCUT2D eigenvalue weighted by Crippen LogP contribution is 2.36. The number of hydrogen-bond acceptors (Lipinski definition) is 6. The molecule has 168 valence electrons. The van der Waals surface area contributed by atoms with E-state index in [0.717, 1.165) is 35.7 Å². The van der Waals surface area contributed by atoms with Crippen molar-refractivity contribution in [3.63, 3.8) is 0 Å². The molecule has 0 amide bonds. The van der Waals surface area contributed by atoms with Gasteiger partial charge in [0, 0.05) is 30.0 Å². The summed E-state index contributed by atoms with van der Waals surface area (Å²) in [5.74, 6) is 2.45. The Hall–Kier alpha value is -3.00. The average molecular weight is 453 g/mol. The number of carbonyl (C=O) groups excluding carboxylic acids is 1. The third-order valence-electron chi connectivity index (χ3n) is 5.51. The number of aromatic nitrogens is 4. The number of hydrogen-bond donors (Lipinski definition) is 0. The molecule has 0 bridgehead atoms. The molecule has 1 atom stereocenters. The van der Waals surface area contributed by atoms with Crippen LogP contribution >= 0.6 is 11.8 Å². The van der Waals surface area contributed by atoms with Gasteiger partial charge in [-0.2, -0.15) is 0 Å². The number of fused-ring (bicyclic) bond motifs is 1. The highest BCUT2D eigenvalue weighted by Gasteiger charge is 2.28. The van der Waals surface area contributed by atoms with E-state index in [9.17, 15) is 4.79 Å². The van der Waals surface area contributed by atoms with Crippen LogP contribution in [0.4, 0.5) is 0 Å². The Balaban J connectivity index is 1.50. The molecule has 0 fully saturated rings. The van der Waals surface area contributed by atoms with E-state index in [-0.39, 0.29) is 17.6 Å². The van der Waals surface area contributed by atoms with Gasteiger partial charge in [-0.3, -0.25) is 9.36 Å². The summed E-state index contributed by atoms with van der Waals surface area (Å²) in [6.07, 6.45) is 2.44. The Morgan fingerprint density at radius 3 is 2.78 bits per heavy atom. The zero-order valence-corrected chi connectivity index (χ0v) is 19.5. The number of nitrogens with zero attached hydrogens (tertiary/aromatic N) is 4. The van der Waals surface area contributed by atoms with Crippen molar-refractivity contribution in [2.24, 2.45) is 0 Å². The minimum atomic E-state index is -0.379. The second kappa shape index (κ2) is 9.65. The summed E-state index contributed by atoms with van der Waals surface area (Å²) in [6.45, 7) is 11.8. The zero-order valence-electron chi connectivity index (χ0n) is 18.7. The van der Waals surface area contributed by atoms with Crippen LogP contribution in [0.2, 0.25) is 0 Å². The molecule has 1 aliphatic heterocycles. The highest BCUT2D eigenvalue weighted by atomic mass is 32.2. The van der Waals surface area contributed by atoms with Crippen LogP contribution in [0, 0.1) is 13.8 Å². The van der Waals surface area contributed by atoms with Gasteiger partial charge in [-0.25, -0.2) is 0 Å². The van der Waals surface area contributed by atoms with Gasteiger partial charge < -0.3 is 14.0 Å². The minimum Gasteiger partial charge on any atom is -0.485 e. The zero-order chi connectivity index (χ0) is 22.7. The molecule has 8 heteroatoms. The van der Waals surface area contributed by atoms with Gasteiger partial charge in [0.15, 0.2) is 34.4 Å². The molecular formula is C24H28N4O3S. The van der Waals surface area contributed by atoms with Crippen LogP contribution < -0.4 is 9.47 Å². The van der Waals surface area contributed by atoms with Gasteiger partial charge in [0.25, 0.3) is 0 Å². The Kier molecular flexibility index (Phi) is 6.69. The fourth-order valence-electron chi connectivity index (χ4n) is 3.95. The van der Waals surface area contributed by atoms with Gasteiger partial charge >= 0.3 is 0 Å². The average Bonchev–Trinajstić information content (AvgIpc) is 3.33. The van der Waals surface area contributed by atoms with Gasteiger partial charge in [-0.15, -0.1) is 16.8 Å². The van der Waals surface area contributed by atoms with Crippen molar-refractivity contribution in [3.05, 3.63) is 65.8 Å². The molecule has 32 heavy (non-hydrogen) atoms. The largest absolute Gasteiger partial charge is 0.485 e. The molecule has 4 rings (SSSR count). The lowest BCUT2D eigenvalue weighted by molar-refractivity contribution is 0.0821. The third-order valence-corrected chi connectivity index (χ3v) is 6.47. The molecule has 0 spiro atoms. The summed E-state index contributed by atoms with van der Waals surface area (Å²) in [6, 6.07) is 9.55. The quantitative estimate of drug-likeness (QED) is 0.264. The maximum Gasteiger partial charge on any atom is 0.192 e. The summed E-state index contributed by atoms with van der Waals surface area (Å²) in [5, 5.41) is 9.37. The van der Waals surface area contributed by atoms with E-state index < -0.39 is 0 Å². The van der Waals surface area contributed by atoms with E-state index in [4.69, 9.17) is 9.47 Å². The normalized spacial score (nSPS) is 15.0. The minimum absolute atomic E-state index is 0.0892. The molecule has 1 aromatic carbocycles. The van der Waals surface area contributed by atoms with Gasteiger partial charge in [0.2, 0.25) is 0 Å². The summed E-state index contributed by atoms with van der Waals surface area (Å²) in [4.78, 5) is 13.0. The number of allylic oxidation sites excluding steroid dienone is 1. The summed E-state index contributed by atoms with van der Waals surface area (Å²) in [7, 11) is 0. The van der Waals surface area contributed by atoms with Gasteiger partial charge in [-0.05, 0) is 38.5 Å². The predicted octanol–water partition coefficient (Wildman–Crippen LogP) is 4.78. The molecule has 0 saturated carbocycles. The van der Waals surface area contributed by atoms with Gasteiger partial charge in [-0.1, -0.05) is 36.9 Å². The lowest BCUT2D eigenvalue weighted by atomic mass is 10.2. The monoisotopic (exact) mass is 452 g/mol. The second-order valence-corrected chi connectivity index (χ2v) is 8.70. The second-order valence-electron chi connectivity index (χ2n) is 7.75. The van der Waals surface area contributed by atoms with Crippen molar-refractivity contribution >= 4 is 17.5 Å². The lowest BCUT2D eigenvalue weighted by Gasteiger charge is -2.26. The highest BCUT2D eigenvalue weighted by molar-refractivity contribution is 7.99. The number of para-hydroxylation sites is 2. The molecular weight excluding hydrogens is 424 g/mol. The molecule has 0 N–H and O–H groups in total. The number of benzene rings is 1. The van der Waals surface area contributed by atoms with Crippen molar-refractivity contribution in [1.82, 2.24) is 19.3 Å². The van der Waals surface area contributed by atoms with Crippen molar-refractivity contribution in [3.8, 4) is 11.5 Å². The first-order valence-corrected chi connectivity index (χ1v) is 11.8. The number of ether oxygens (including phenoxy) is 2. The number of thioether (sulfide) groups is 1. The van der Waals surface area contributed by atoms with Crippen LogP contribution in [0.15, 0.2) is 48.1 Å². The number of ketones is 1. The van der Waals surface area contributed by atoms with Crippen molar-refractivity contribution in [2.75, 3.05) is 12.4 Å². The maximum atomic E-state index is 13.0. The Morgan fingerprint density at radius 1 is 1.25 bits per heavy atom. The first kappa shape index (κ1) is 22.2. The van der Waals surface area contributed by atoms with Crippen LogP contribution in [-0.4, -0.2) is 37.5 Å². The van der Waals surface area contributed by atoms with E-state index in [1.54, 1.807) is 6.08 Å². The van der Waals surface area contributed by atoms with E-state index in [1.807, 2.05) is 48.7 Å². The van der Waals surface area contributed by atoms with Crippen LogP contribution in [0.25, 0.3) is 0 Å². The fraction of sp³-hybridized carbons (Fsp3) is 0.375. The molecule has 0 aliphatic carbocycles. The predicted molar refractivity (Wildman–Crippen MR) is 125 cm³/mol. The van der Waals surface area contributed by atoms with Crippen LogP contribution in [0.5, 0.6) is 11.5 Å². The molecule has 3 heterocycles. The molecule has 0 radical (unpaired) electrons. The number of aryl methyl sites for hydroxylation is 1. The molecule has 7 nitrogen and oxygen atoms in total.